The van der Waals surface area contributed by atoms with E-state index in [4.69, 9.17) is 4.74 Å². The van der Waals surface area contributed by atoms with Crippen LogP contribution < -0.4 is 15.4 Å². The normalized spacial score (nSPS) is 10.3. The number of carbonyl (C=O) groups is 2. The van der Waals surface area contributed by atoms with Crippen molar-refractivity contribution in [1.82, 2.24) is 10.6 Å². The molecule has 2 amide bonds. The van der Waals surface area contributed by atoms with E-state index >= 15 is 0 Å². The molecular formula is C19H22N2O3. The average Bonchev–Trinajstić information content (AvgIpc) is 2.58. The molecule has 2 N–H and O–H groups in total. The van der Waals surface area contributed by atoms with Gasteiger partial charge in [-0.05, 0) is 43.7 Å². The molecule has 0 aliphatic carbocycles. The highest BCUT2D eigenvalue weighted by atomic mass is 16.5. The second kappa shape index (κ2) is 8.72. The minimum Gasteiger partial charge on any atom is -0.489 e. The van der Waals surface area contributed by atoms with Crippen LogP contribution in [0.5, 0.6) is 5.75 Å². The highest BCUT2D eigenvalue weighted by Crippen LogP contribution is 2.12. The number of nitrogens with one attached hydrogen (secondary N) is 2. The van der Waals surface area contributed by atoms with Crippen LogP contribution in [-0.4, -0.2) is 24.4 Å². The number of carbonyl (C=O) groups excluding carboxylic acids is 2. The lowest BCUT2D eigenvalue weighted by Gasteiger charge is -2.10. The fourth-order valence-corrected chi connectivity index (χ4v) is 2.07. The van der Waals surface area contributed by atoms with Gasteiger partial charge in [-0.3, -0.25) is 9.59 Å². The molecule has 5 nitrogen and oxygen atoms in total. The van der Waals surface area contributed by atoms with Gasteiger partial charge in [0.1, 0.15) is 12.4 Å². The first-order valence-corrected chi connectivity index (χ1v) is 7.89. The fraction of sp³-hybridized carbons (Fsp3) is 0.263. The van der Waals surface area contributed by atoms with Gasteiger partial charge in [0.15, 0.2) is 0 Å². The summed E-state index contributed by atoms with van der Waals surface area (Å²) >= 11 is 0. The largest absolute Gasteiger partial charge is 0.489 e. The topological polar surface area (TPSA) is 67.4 Å². The maximum atomic E-state index is 12.0. The van der Waals surface area contributed by atoms with Crippen LogP contribution in [0.15, 0.2) is 54.6 Å². The van der Waals surface area contributed by atoms with Crippen molar-refractivity contribution in [3.05, 3.63) is 65.7 Å². The Morgan fingerprint density at radius 2 is 1.67 bits per heavy atom. The van der Waals surface area contributed by atoms with E-state index in [2.05, 4.69) is 10.6 Å². The first-order chi connectivity index (χ1) is 11.5. The molecule has 0 heterocycles. The fourth-order valence-electron chi connectivity index (χ4n) is 2.07. The van der Waals surface area contributed by atoms with Crippen molar-refractivity contribution in [2.75, 3.05) is 6.54 Å². The summed E-state index contributed by atoms with van der Waals surface area (Å²) in [6.07, 6.45) is 0. The Bertz CT molecular complexity index is 667. The van der Waals surface area contributed by atoms with Crippen LogP contribution in [0.4, 0.5) is 0 Å². The van der Waals surface area contributed by atoms with Gasteiger partial charge >= 0.3 is 0 Å². The van der Waals surface area contributed by atoms with Crippen molar-refractivity contribution in [3.63, 3.8) is 0 Å². The number of ether oxygens (including phenoxy) is 1. The summed E-state index contributed by atoms with van der Waals surface area (Å²) in [5, 5.41) is 5.32. The van der Waals surface area contributed by atoms with E-state index in [1.165, 1.54) is 0 Å². The summed E-state index contributed by atoms with van der Waals surface area (Å²) in [6.45, 7) is 4.14. The molecule has 126 valence electrons. The van der Waals surface area contributed by atoms with Crippen LogP contribution >= 0.6 is 0 Å². The predicted octanol–water partition coefficient (Wildman–Crippen LogP) is 2.52. The molecular weight excluding hydrogens is 304 g/mol. The Morgan fingerprint density at radius 3 is 2.29 bits per heavy atom. The van der Waals surface area contributed by atoms with Gasteiger partial charge in [-0.1, -0.05) is 30.3 Å². The molecule has 0 unspecified atom stereocenters. The molecule has 2 rings (SSSR count). The third kappa shape index (κ3) is 5.76. The minimum atomic E-state index is -0.274. The Kier molecular flexibility index (Phi) is 6.37. The lowest BCUT2D eigenvalue weighted by Crippen LogP contribution is -2.39. The van der Waals surface area contributed by atoms with Crippen LogP contribution in [0, 0.1) is 0 Å². The SMILES string of the molecule is CC(C)NC(=O)CNC(=O)c1ccc(COc2ccccc2)cc1. The summed E-state index contributed by atoms with van der Waals surface area (Å²) in [6, 6.07) is 16.7. The standard InChI is InChI=1S/C19H22N2O3/c1-14(2)21-18(22)12-20-19(23)16-10-8-15(9-11-16)13-24-17-6-4-3-5-7-17/h3-11,14H,12-13H2,1-2H3,(H,20,23)(H,21,22). The maximum absolute atomic E-state index is 12.0. The van der Waals surface area contributed by atoms with Crippen molar-refractivity contribution in [2.45, 2.75) is 26.5 Å². The average molecular weight is 326 g/mol. The number of benzene rings is 2. The third-order valence-electron chi connectivity index (χ3n) is 3.22. The summed E-state index contributed by atoms with van der Waals surface area (Å²) in [7, 11) is 0. The molecule has 0 aliphatic heterocycles. The highest BCUT2D eigenvalue weighted by molar-refractivity contribution is 5.96. The van der Waals surface area contributed by atoms with Gasteiger partial charge in [0.25, 0.3) is 5.91 Å². The molecule has 0 fully saturated rings. The van der Waals surface area contributed by atoms with E-state index in [9.17, 15) is 9.59 Å². The predicted molar refractivity (Wildman–Crippen MR) is 92.8 cm³/mol. The third-order valence-corrected chi connectivity index (χ3v) is 3.22. The molecule has 0 spiro atoms. The van der Waals surface area contributed by atoms with E-state index in [-0.39, 0.29) is 24.4 Å². The van der Waals surface area contributed by atoms with Gasteiger partial charge in [0.2, 0.25) is 5.91 Å². The summed E-state index contributed by atoms with van der Waals surface area (Å²) in [5.74, 6) is 0.325. The number of rotatable bonds is 7. The Morgan fingerprint density at radius 1 is 1.00 bits per heavy atom. The van der Waals surface area contributed by atoms with E-state index in [0.717, 1.165) is 11.3 Å². The monoisotopic (exact) mass is 326 g/mol. The van der Waals surface area contributed by atoms with Crippen molar-refractivity contribution >= 4 is 11.8 Å². The molecule has 0 aromatic heterocycles. The summed E-state index contributed by atoms with van der Waals surface area (Å²) in [4.78, 5) is 23.5. The molecule has 2 aromatic carbocycles. The Labute approximate surface area is 142 Å². The zero-order valence-electron chi connectivity index (χ0n) is 13.9. The van der Waals surface area contributed by atoms with Crippen molar-refractivity contribution < 1.29 is 14.3 Å². The first-order valence-electron chi connectivity index (χ1n) is 7.89. The zero-order valence-corrected chi connectivity index (χ0v) is 13.9. The number of amides is 2. The molecule has 0 bridgehead atoms. The van der Waals surface area contributed by atoms with Gasteiger partial charge in [0, 0.05) is 11.6 Å². The van der Waals surface area contributed by atoms with Crippen LogP contribution in [0.25, 0.3) is 0 Å². The quantitative estimate of drug-likeness (QED) is 0.821. The molecule has 0 radical (unpaired) electrons. The van der Waals surface area contributed by atoms with Crippen molar-refractivity contribution in [3.8, 4) is 5.75 Å². The molecule has 0 saturated carbocycles. The molecule has 0 saturated heterocycles. The summed E-state index contributed by atoms with van der Waals surface area (Å²) in [5.41, 5.74) is 1.48. The van der Waals surface area contributed by atoms with Crippen molar-refractivity contribution in [1.29, 1.82) is 0 Å². The minimum absolute atomic E-state index is 0.0319. The van der Waals surface area contributed by atoms with E-state index < -0.39 is 0 Å². The number of hydrogen-bond acceptors (Lipinski definition) is 3. The maximum Gasteiger partial charge on any atom is 0.251 e. The van der Waals surface area contributed by atoms with E-state index in [1.807, 2.05) is 56.3 Å². The Balaban J connectivity index is 1.82. The lowest BCUT2D eigenvalue weighted by atomic mass is 10.1. The highest BCUT2D eigenvalue weighted by Gasteiger charge is 2.08. The zero-order chi connectivity index (χ0) is 17.4. The van der Waals surface area contributed by atoms with Gasteiger partial charge in [-0.25, -0.2) is 0 Å². The smallest absolute Gasteiger partial charge is 0.251 e. The lowest BCUT2D eigenvalue weighted by molar-refractivity contribution is -0.120. The summed E-state index contributed by atoms with van der Waals surface area (Å²) < 4.78 is 5.65. The Hall–Kier alpha value is -2.82. The molecule has 0 atom stereocenters. The van der Waals surface area contributed by atoms with Gasteiger partial charge in [0.05, 0.1) is 6.54 Å². The molecule has 0 aliphatic rings. The van der Waals surface area contributed by atoms with Crippen molar-refractivity contribution in [2.24, 2.45) is 0 Å². The van der Waals surface area contributed by atoms with Gasteiger partial charge in [-0.2, -0.15) is 0 Å². The van der Waals surface area contributed by atoms with Crippen LogP contribution in [-0.2, 0) is 11.4 Å². The number of hydrogen-bond donors (Lipinski definition) is 2. The van der Waals surface area contributed by atoms with Crippen LogP contribution in [0.3, 0.4) is 0 Å². The van der Waals surface area contributed by atoms with E-state index in [1.54, 1.807) is 12.1 Å². The molecule has 5 heteroatoms. The first kappa shape index (κ1) is 17.5. The van der Waals surface area contributed by atoms with Crippen LogP contribution in [0.2, 0.25) is 0 Å². The van der Waals surface area contributed by atoms with Gasteiger partial charge < -0.3 is 15.4 Å². The molecule has 24 heavy (non-hydrogen) atoms. The number of para-hydroxylation sites is 1. The second-order valence-electron chi connectivity index (χ2n) is 5.70. The van der Waals surface area contributed by atoms with Crippen LogP contribution in [0.1, 0.15) is 29.8 Å². The second-order valence-corrected chi connectivity index (χ2v) is 5.70. The van der Waals surface area contributed by atoms with E-state index in [0.29, 0.717) is 12.2 Å². The molecule has 2 aromatic rings. The van der Waals surface area contributed by atoms with Gasteiger partial charge in [-0.15, -0.1) is 0 Å².